The number of esters is 2. The molecule has 0 N–H and O–H groups in total. The first kappa shape index (κ1) is 18.4. The zero-order valence-electron chi connectivity index (χ0n) is 12.8. The van der Waals surface area contributed by atoms with Gasteiger partial charge in [0, 0.05) is 12.2 Å². The molecule has 0 spiro atoms. The maximum absolute atomic E-state index is 10.7. The lowest BCUT2D eigenvalue weighted by Crippen LogP contribution is -2.22. The van der Waals surface area contributed by atoms with Crippen molar-refractivity contribution < 1.29 is 19.1 Å². The molecule has 114 valence electrons. The molecule has 0 amide bonds. The van der Waals surface area contributed by atoms with Crippen molar-refractivity contribution in [1.82, 2.24) is 0 Å². The van der Waals surface area contributed by atoms with Crippen molar-refractivity contribution in [3.63, 3.8) is 0 Å². The fraction of sp³-hybridized carbons (Fsp3) is 0.625. The van der Waals surface area contributed by atoms with Crippen LogP contribution in [0.25, 0.3) is 0 Å². The number of ether oxygens (including phenoxy) is 2. The average molecular weight is 282 g/mol. The Morgan fingerprint density at radius 1 is 1.00 bits per heavy atom. The SMILES string of the molecule is C=CC(=O)OC(C)(C)C.C=CC(=O)OC1CCCCC1. The standard InChI is InChI=1S/C9H14O2.C7H12O2/c1-2-9(10)11-8-6-4-3-5-7-8;1-5-6(8)9-7(2,3)4/h2,8H,1,3-7H2;5H,1H2,2-4H3. The van der Waals surface area contributed by atoms with E-state index >= 15 is 0 Å². The van der Waals surface area contributed by atoms with Gasteiger partial charge in [-0.3, -0.25) is 0 Å². The van der Waals surface area contributed by atoms with Gasteiger partial charge < -0.3 is 9.47 Å². The van der Waals surface area contributed by atoms with E-state index in [0.29, 0.717) is 0 Å². The molecule has 0 unspecified atom stereocenters. The van der Waals surface area contributed by atoms with Crippen LogP contribution in [0.4, 0.5) is 0 Å². The number of carbonyl (C=O) groups excluding carboxylic acids is 2. The summed E-state index contributed by atoms with van der Waals surface area (Å²) < 4.78 is 9.91. The van der Waals surface area contributed by atoms with Gasteiger partial charge in [-0.1, -0.05) is 19.6 Å². The normalized spacial score (nSPS) is 15.3. The highest BCUT2D eigenvalue weighted by molar-refractivity contribution is 5.81. The second-order valence-electron chi connectivity index (χ2n) is 5.64. The summed E-state index contributed by atoms with van der Waals surface area (Å²) in [7, 11) is 0. The molecule has 1 rings (SSSR count). The maximum atomic E-state index is 10.7. The molecule has 0 atom stereocenters. The van der Waals surface area contributed by atoms with Crippen LogP contribution in [0, 0.1) is 0 Å². The predicted molar refractivity (Wildman–Crippen MR) is 79.2 cm³/mol. The van der Waals surface area contributed by atoms with Gasteiger partial charge in [0.25, 0.3) is 0 Å². The Morgan fingerprint density at radius 3 is 1.85 bits per heavy atom. The van der Waals surface area contributed by atoms with Crippen LogP contribution < -0.4 is 0 Å². The minimum atomic E-state index is -0.398. The smallest absolute Gasteiger partial charge is 0.330 e. The van der Waals surface area contributed by atoms with Crippen LogP contribution in [-0.2, 0) is 19.1 Å². The van der Waals surface area contributed by atoms with Gasteiger partial charge in [0.05, 0.1) is 0 Å². The molecular formula is C16H26O4. The van der Waals surface area contributed by atoms with E-state index in [1.165, 1.54) is 25.3 Å². The molecule has 4 heteroatoms. The first-order chi connectivity index (χ1) is 9.28. The molecule has 1 fully saturated rings. The molecule has 1 saturated carbocycles. The van der Waals surface area contributed by atoms with Crippen molar-refractivity contribution >= 4 is 11.9 Å². The van der Waals surface area contributed by atoms with Crippen molar-refractivity contribution in [2.24, 2.45) is 0 Å². The highest BCUT2D eigenvalue weighted by Gasteiger charge is 2.15. The zero-order valence-corrected chi connectivity index (χ0v) is 12.8. The Bertz CT molecular complexity index is 333. The van der Waals surface area contributed by atoms with Gasteiger partial charge in [-0.25, -0.2) is 9.59 Å². The lowest BCUT2D eigenvalue weighted by Gasteiger charge is -2.20. The second kappa shape index (κ2) is 9.34. The molecule has 0 aromatic heterocycles. The van der Waals surface area contributed by atoms with Gasteiger partial charge in [0.15, 0.2) is 0 Å². The summed E-state index contributed by atoms with van der Waals surface area (Å²) in [6.07, 6.45) is 8.26. The lowest BCUT2D eigenvalue weighted by molar-refractivity contribution is -0.148. The van der Waals surface area contributed by atoms with Gasteiger partial charge in [0.2, 0.25) is 0 Å². The molecule has 1 aliphatic rings. The van der Waals surface area contributed by atoms with Gasteiger partial charge in [-0.05, 0) is 46.5 Å². The monoisotopic (exact) mass is 282 g/mol. The van der Waals surface area contributed by atoms with Crippen molar-refractivity contribution in [1.29, 1.82) is 0 Å². The number of rotatable bonds is 3. The Hall–Kier alpha value is -1.58. The van der Waals surface area contributed by atoms with E-state index in [-0.39, 0.29) is 18.0 Å². The minimum absolute atomic E-state index is 0.161. The summed E-state index contributed by atoms with van der Waals surface area (Å²) in [6, 6.07) is 0. The third-order valence-electron chi connectivity index (χ3n) is 2.58. The van der Waals surface area contributed by atoms with E-state index in [9.17, 15) is 9.59 Å². The summed E-state index contributed by atoms with van der Waals surface area (Å²) in [5, 5.41) is 0. The quantitative estimate of drug-likeness (QED) is 0.586. The van der Waals surface area contributed by atoms with Crippen LogP contribution in [-0.4, -0.2) is 23.6 Å². The first-order valence-corrected chi connectivity index (χ1v) is 6.97. The summed E-state index contributed by atoms with van der Waals surface area (Å²) >= 11 is 0. The predicted octanol–water partition coefficient (Wildman–Crippen LogP) is 3.56. The second-order valence-corrected chi connectivity index (χ2v) is 5.64. The van der Waals surface area contributed by atoms with Crippen LogP contribution in [0.3, 0.4) is 0 Å². The van der Waals surface area contributed by atoms with Crippen LogP contribution in [0.1, 0.15) is 52.9 Å². The van der Waals surface area contributed by atoms with E-state index in [2.05, 4.69) is 13.2 Å². The largest absolute Gasteiger partial charge is 0.459 e. The van der Waals surface area contributed by atoms with E-state index in [1.807, 2.05) is 20.8 Å². The first-order valence-electron chi connectivity index (χ1n) is 6.97. The van der Waals surface area contributed by atoms with E-state index in [0.717, 1.165) is 18.9 Å². The molecule has 0 aromatic carbocycles. The van der Waals surface area contributed by atoms with Crippen LogP contribution in [0.5, 0.6) is 0 Å². The lowest BCUT2D eigenvalue weighted by atomic mass is 9.98. The van der Waals surface area contributed by atoms with Crippen molar-refractivity contribution in [2.75, 3.05) is 0 Å². The molecule has 0 bridgehead atoms. The van der Waals surface area contributed by atoms with Gasteiger partial charge >= 0.3 is 11.9 Å². The zero-order chi connectivity index (χ0) is 15.6. The number of carbonyl (C=O) groups is 2. The van der Waals surface area contributed by atoms with Crippen LogP contribution >= 0.6 is 0 Å². The third kappa shape index (κ3) is 10.4. The Balaban J connectivity index is 0.000000370. The molecule has 1 aliphatic carbocycles. The van der Waals surface area contributed by atoms with Crippen LogP contribution in [0.2, 0.25) is 0 Å². The summed E-state index contributed by atoms with van der Waals surface area (Å²) in [6.45, 7) is 12.1. The summed E-state index contributed by atoms with van der Waals surface area (Å²) in [5.74, 6) is -0.653. The molecule has 0 aromatic rings. The summed E-state index contributed by atoms with van der Waals surface area (Å²) in [4.78, 5) is 21.2. The number of hydrogen-bond acceptors (Lipinski definition) is 4. The van der Waals surface area contributed by atoms with Gasteiger partial charge in [-0.15, -0.1) is 0 Å². The molecule has 4 nitrogen and oxygen atoms in total. The van der Waals surface area contributed by atoms with Crippen LogP contribution in [0.15, 0.2) is 25.3 Å². The maximum Gasteiger partial charge on any atom is 0.330 e. The van der Waals surface area contributed by atoms with Crippen molar-refractivity contribution in [3.05, 3.63) is 25.3 Å². The Kier molecular flexibility index (Phi) is 8.61. The molecule has 0 saturated heterocycles. The van der Waals surface area contributed by atoms with Gasteiger partial charge in [-0.2, -0.15) is 0 Å². The molecular weight excluding hydrogens is 256 g/mol. The van der Waals surface area contributed by atoms with E-state index in [1.54, 1.807) is 0 Å². The number of hydrogen-bond donors (Lipinski definition) is 0. The molecule has 20 heavy (non-hydrogen) atoms. The fourth-order valence-electron chi connectivity index (χ4n) is 1.74. The average Bonchev–Trinajstić information content (AvgIpc) is 2.38. The fourth-order valence-corrected chi connectivity index (χ4v) is 1.74. The minimum Gasteiger partial charge on any atom is -0.459 e. The highest BCUT2D eigenvalue weighted by atomic mass is 16.6. The molecule has 0 aliphatic heterocycles. The van der Waals surface area contributed by atoms with E-state index in [4.69, 9.17) is 9.47 Å². The topological polar surface area (TPSA) is 52.6 Å². The van der Waals surface area contributed by atoms with Crippen molar-refractivity contribution in [3.8, 4) is 0 Å². The van der Waals surface area contributed by atoms with Crippen molar-refractivity contribution in [2.45, 2.75) is 64.6 Å². The highest BCUT2D eigenvalue weighted by Crippen LogP contribution is 2.20. The molecule has 0 heterocycles. The molecule has 0 radical (unpaired) electrons. The Labute approximate surface area is 121 Å². The third-order valence-corrected chi connectivity index (χ3v) is 2.58. The van der Waals surface area contributed by atoms with E-state index < -0.39 is 5.60 Å². The summed E-state index contributed by atoms with van der Waals surface area (Å²) in [5.41, 5.74) is -0.398. The van der Waals surface area contributed by atoms with Gasteiger partial charge in [0.1, 0.15) is 11.7 Å². The Morgan fingerprint density at radius 2 is 1.50 bits per heavy atom.